The van der Waals surface area contributed by atoms with Crippen LogP contribution in [0.5, 0.6) is 0 Å². The number of fused-ring (bicyclic) bond motifs is 1. The zero-order valence-corrected chi connectivity index (χ0v) is 16.9. The lowest BCUT2D eigenvalue weighted by Crippen LogP contribution is -2.21. The molecule has 0 aliphatic heterocycles. The molecule has 2 heteroatoms. The predicted molar refractivity (Wildman–Crippen MR) is 117 cm³/mol. The van der Waals surface area contributed by atoms with Crippen molar-refractivity contribution >= 4 is 16.7 Å². The number of pyridine rings is 1. The topological polar surface area (TPSA) is 30.0 Å². The second kappa shape index (κ2) is 8.26. The van der Waals surface area contributed by atoms with Gasteiger partial charge in [-0.25, -0.2) is 4.98 Å². The molecule has 0 amide bonds. The van der Waals surface area contributed by atoms with Gasteiger partial charge in [0.2, 0.25) is 0 Å². The fourth-order valence-corrected chi connectivity index (χ4v) is 4.56. The fourth-order valence-electron chi connectivity index (χ4n) is 4.56. The Kier molecular flexibility index (Phi) is 5.57. The van der Waals surface area contributed by atoms with Crippen molar-refractivity contribution in [1.82, 2.24) is 4.98 Å². The molecule has 0 unspecified atom stereocenters. The minimum absolute atomic E-state index is 0.197. The summed E-state index contributed by atoms with van der Waals surface area (Å²) >= 11 is 0. The number of Topliss-reactive ketones (excluding diaryl/α,β-unsaturated/α-hetero) is 1. The second-order valence-electron chi connectivity index (χ2n) is 8.11. The summed E-state index contributed by atoms with van der Waals surface area (Å²) in [4.78, 5) is 18.0. The molecule has 0 bridgehead atoms. The van der Waals surface area contributed by atoms with Gasteiger partial charge in [0.25, 0.3) is 0 Å². The highest BCUT2D eigenvalue weighted by atomic mass is 16.1. The Labute approximate surface area is 168 Å². The van der Waals surface area contributed by atoms with Crippen LogP contribution < -0.4 is 0 Å². The van der Waals surface area contributed by atoms with Crippen molar-refractivity contribution in [2.45, 2.75) is 52.4 Å². The number of ketones is 1. The third kappa shape index (κ3) is 3.73. The van der Waals surface area contributed by atoms with E-state index in [1.165, 1.54) is 24.8 Å². The van der Waals surface area contributed by atoms with E-state index in [1.807, 2.05) is 18.2 Å². The van der Waals surface area contributed by atoms with Crippen LogP contribution in [0.4, 0.5) is 0 Å². The van der Waals surface area contributed by atoms with Crippen molar-refractivity contribution in [3.05, 3.63) is 65.7 Å². The summed E-state index contributed by atoms with van der Waals surface area (Å²) in [6.07, 6.45) is 6.64. The molecular formula is C26H29NO. The number of hydrogen-bond donors (Lipinski definition) is 0. The van der Waals surface area contributed by atoms with Crippen LogP contribution in [0.2, 0.25) is 0 Å². The molecule has 2 aromatic carbocycles. The first-order valence-electron chi connectivity index (χ1n) is 10.7. The predicted octanol–water partition coefficient (Wildman–Crippen LogP) is 6.86. The molecule has 28 heavy (non-hydrogen) atoms. The quantitative estimate of drug-likeness (QED) is 0.458. The minimum atomic E-state index is 0.197. The van der Waals surface area contributed by atoms with Gasteiger partial charge < -0.3 is 0 Å². The Morgan fingerprint density at radius 2 is 1.71 bits per heavy atom. The van der Waals surface area contributed by atoms with Gasteiger partial charge in [0.05, 0.1) is 11.2 Å². The molecule has 1 aliphatic carbocycles. The molecule has 1 fully saturated rings. The maximum atomic E-state index is 13.1. The molecule has 2 nitrogen and oxygen atoms in total. The van der Waals surface area contributed by atoms with E-state index in [1.54, 1.807) is 0 Å². The Bertz CT molecular complexity index is 968. The van der Waals surface area contributed by atoms with E-state index in [0.29, 0.717) is 5.78 Å². The maximum Gasteiger partial charge on any atom is 0.165 e. The average Bonchev–Trinajstić information content (AvgIpc) is 2.78. The SMILES string of the molecule is CCc1cc2cc(C(=O)C3CCC(CC)CC3)ccc2nc1-c1ccccc1. The molecule has 0 saturated heterocycles. The van der Waals surface area contributed by atoms with Crippen molar-refractivity contribution in [3.8, 4) is 11.3 Å². The van der Waals surface area contributed by atoms with Gasteiger partial charge in [-0.05, 0) is 67.9 Å². The molecule has 0 spiro atoms. The third-order valence-corrected chi connectivity index (χ3v) is 6.40. The van der Waals surface area contributed by atoms with Gasteiger partial charge in [-0.3, -0.25) is 4.79 Å². The summed E-state index contributed by atoms with van der Waals surface area (Å²) in [5, 5.41) is 1.07. The molecule has 3 aromatic rings. The van der Waals surface area contributed by atoms with Crippen molar-refractivity contribution < 1.29 is 4.79 Å². The first-order valence-corrected chi connectivity index (χ1v) is 10.7. The molecule has 0 atom stereocenters. The largest absolute Gasteiger partial charge is 0.294 e. The molecule has 1 saturated carbocycles. The lowest BCUT2D eigenvalue weighted by atomic mass is 9.77. The molecule has 144 valence electrons. The number of carbonyl (C=O) groups is 1. The van der Waals surface area contributed by atoms with Gasteiger partial charge in [0, 0.05) is 22.4 Å². The number of hydrogen-bond acceptors (Lipinski definition) is 2. The molecule has 0 N–H and O–H groups in total. The first-order chi connectivity index (χ1) is 13.7. The second-order valence-corrected chi connectivity index (χ2v) is 8.11. The Morgan fingerprint density at radius 3 is 2.39 bits per heavy atom. The summed E-state index contributed by atoms with van der Waals surface area (Å²) in [5.74, 6) is 1.33. The molecule has 1 aromatic heterocycles. The Morgan fingerprint density at radius 1 is 0.964 bits per heavy atom. The highest BCUT2D eigenvalue weighted by Crippen LogP contribution is 2.33. The summed E-state index contributed by atoms with van der Waals surface area (Å²) in [5.41, 5.74) is 5.24. The summed E-state index contributed by atoms with van der Waals surface area (Å²) in [6.45, 7) is 4.43. The smallest absolute Gasteiger partial charge is 0.165 e. The number of benzene rings is 2. The Hall–Kier alpha value is -2.48. The summed E-state index contributed by atoms with van der Waals surface area (Å²) < 4.78 is 0. The van der Waals surface area contributed by atoms with E-state index < -0.39 is 0 Å². The van der Waals surface area contributed by atoms with Crippen LogP contribution >= 0.6 is 0 Å². The van der Waals surface area contributed by atoms with Gasteiger partial charge in [-0.2, -0.15) is 0 Å². The summed E-state index contributed by atoms with van der Waals surface area (Å²) in [6, 6.07) is 18.6. The van der Waals surface area contributed by atoms with Crippen LogP contribution in [0.25, 0.3) is 22.2 Å². The number of carbonyl (C=O) groups excluding carboxylic acids is 1. The Balaban J connectivity index is 1.65. The zero-order valence-electron chi connectivity index (χ0n) is 16.9. The third-order valence-electron chi connectivity index (χ3n) is 6.40. The van der Waals surface area contributed by atoms with Crippen LogP contribution in [-0.4, -0.2) is 10.8 Å². The van der Waals surface area contributed by atoms with Crippen molar-refractivity contribution in [2.75, 3.05) is 0 Å². The van der Waals surface area contributed by atoms with Crippen LogP contribution in [0.3, 0.4) is 0 Å². The lowest BCUT2D eigenvalue weighted by Gasteiger charge is -2.26. The highest BCUT2D eigenvalue weighted by Gasteiger charge is 2.26. The number of nitrogens with zero attached hydrogens (tertiary/aromatic N) is 1. The van der Waals surface area contributed by atoms with Crippen LogP contribution in [-0.2, 0) is 6.42 Å². The standard InChI is InChI=1S/C26H29NO/c1-3-18-10-12-21(13-11-18)26(28)22-14-15-24-23(17-22)16-19(4-2)25(27-24)20-8-6-5-7-9-20/h5-9,14-18,21H,3-4,10-13H2,1-2H3. The monoisotopic (exact) mass is 371 g/mol. The van der Waals surface area contributed by atoms with Gasteiger partial charge in [-0.15, -0.1) is 0 Å². The van der Waals surface area contributed by atoms with Gasteiger partial charge >= 0.3 is 0 Å². The highest BCUT2D eigenvalue weighted by molar-refractivity contribution is 6.01. The molecule has 1 heterocycles. The maximum absolute atomic E-state index is 13.1. The molecule has 4 rings (SSSR count). The van der Waals surface area contributed by atoms with E-state index in [2.05, 4.69) is 50.2 Å². The average molecular weight is 372 g/mol. The summed E-state index contributed by atoms with van der Waals surface area (Å²) in [7, 11) is 0. The fraction of sp³-hybridized carbons (Fsp3) is 0.385. The molecule has 1 aliphatic rings. The number of rotatable bonds is 5. The van der Waals surface area contributed by atoms with Crippen LogP contribution in [0, 0.1) is 11.8 Å². The van der Waals surface area contributed by atoms with Crippen LogP contribution in [0.1, 0.15) is 61.9 Å². The minimum Gasteiger partial charge on any atom is -0.294 e. The van der Waals surface area contributed by atoms with Crippen molar-refractivity contribution in [3.63, 3.8) is 0 Å². The van der Waals surface area contributed by atoms with E-state index in [9.17, 15) is 4.79 Å². The van der Waals surface area contributed by atoms with Crippen molar-refractivity contribution in [2.24, 2.45) is 11.8 Å². The van der Waals surface area contributed by atoms with Gasteiger partial charge in [0.1, 0.15) is 0 Å². The van der Waals surface area contributed by atoms with Crippen LogP contribution in [0.15, 0.2) is 54.6 Å². The van der Waals surface area contributed by atoms with E-state index in [-0.39, 0.29) is 5.92 Å². The number of aromatic nitrogens is 1. The normalized spacial score (nSPS) is 19.6. The van der Waals surface area contributed by atoms with Gasteiger partial charge in [-0.1, -0.05) is 50.6 Å². The first kappa shape index (κ1) is 18.9. The molecule has 0 radical (unpaired) electrons. The van der Waals surface area contributed by atoms with Gasteiger partial charge in [0.15, 0.2) is 5.78 Å². The van der Waals surface area contributed by atoms with E-state index >= 15 is 0 Å². The number of aryl methyl sites for hydroxylation is 1. The lowest BCUT2D eigenvalue weighted by molar-refractivity contribution is 0.0871. The zero-order chi connectivity index (χ0) is 19.5. The van der Waals surface area contributed by atoms with Crippen molar-refractivity contribution in [1.29, 1.82) is 0 Å². The van der Waals surface area contributed by atoms with E-state index in [0.717, 1.165) is 52.9 Å². The van der Waals surface area contributed by atoms with E-state index in [4.69, 9.17) is 4.98 Å². The molecular weight excluding hydrogens is 342 g/mol.